The second-order valence-corrected chi connectivity index (χ2v) is 5.16. The lowest BCUT2D eigenvalue weighted by atomic mass is 10.1. The molecule has 0 fully saturated rings. The number of nitrogen functional groups attached to an aromatic ring is 1. The summed E-state index contributed by atoms with van der Waals surface area (Å²) in [6.07, 6.45) is 1.25. The smallest absolute Gasteiger partial charge is 0.262 e. The SMILES string of the molecule is Nc1c2c(cc(=O)n1-c1cc(F)ccc1-n1cnnn1)C(=O)NC2=O. The third-order valence-corrected chi connectivity index (χ3v) is 3.73. The summed E-state index contributed by atoms with van der Waals surface area (Å²) in [5, 5.41) is 12.7. The lowest BCUT2D eigenvalue weighted by Gasteiger charge is -2.15. The number of amides is 2. The van der Waals surface area contributed by atoms with Crippen LogP contribution in [0, 0.1) is 5.82 Å². The van der Waals surface area contributed by atoms with Gasteiger partial charge in [0.25, 0.3) is 17.4 Å². The molecule has 0 saturated heterocycles. The molecule has 11 heteroatoms. The van der Waals surface area contributed by atoms with Crippen LogP contribution in [0.3, 0.4) is 0 Å². The van der Waals surface area contributed by atoms with Crippen LogP contribution >= 0.6 is 0 Å². The number of nitrogens with one attached hydrogen (secondary N) is 1. The molecule has 3 N–H and O–H groups in total. The van der Waals surface area contributed by atoms with Gasteiger partial charge in [0, 0.05) is 12.1 Å². The first kappa shape index (κ1) is 14.7. The summed E-state index contributed by atoms with van der Waals surface area (Å²) in [5.41, 5.74) is 5.26. The molecule has 4 rings (SSSR count). The zero-order valence-electron chi connectivity index (χ0n) is 12.3. The first-order valence-corrected chi connectivity index (χ1v) is 6.92. The van der Waals surface area contributed by atoms with Gasteiger partial charge in [-0.25, -0.2) is 4.39 Å². The van der Waals surface area contributed by atoms with Crippen LogP contribution in [0.1, 0.15) is 20.7 Å². The molecule has 124 valence electrons. The van der Waals surface area contributed by atoms with Crippen LogP contribution in [0.4, 0.5) is 10.2 Å². The molecule has 3 heterocycles. The number of anilines is 1. The highest BCUT2D eigenvalue weighted by Crippen LogP contribution is 2.26. The predicted molar refractivity (Wildman–Crippen MR) is 80.9 cm³/mol. The van der Waals surface area contributed by atoms with Crippen molar-refractivity contribution in [3.63, 3.8) is 0 Å². The summed E-state index contributed by atoms with van der Waals surface area (Å²) >= 11 is 0. The third-order valence-electron chi connectivity index (χ3n) is 3.73. The third kappa shape index (κ3) is 2.09. The van der Waals surface area contributed by atoms with Gasteiger partial charge < -0.3 is 5.73 Å². The first-order valence-electron chi connectivity index (χ1n) is 6.92. The molecule has 2 aromatic heterocycles. The van der Waals surface area contributed by atoms with E-state index < -0.39 is 23.2 Å². The van der Waals surface area contributed by atoms with Crippen molar-refractivity contribution in [3.8, 4) is 11.4 Å². The maximum Gasteiger partial charge on any atom is 0.262 e. The molecule has 0 spiro atoms. The molecule has 0 aliphatic carbocycles. The molecule has 0 unspecified atom stereocenters. The molecule has 10 nitrogen and oxygen atoms in total. The Morgan fingerprint density at radius 3 is 2.60 bits per heavy atom. The van der Waals surface area contributed by atoms with Gasteiger partial charge in [-0.2, -0.15) is 4.68 Å². The Bertz CT molecular complexity index is 1100. The predicted octanol–water partition coefficient (Wildman–Crippen LogP) is -0.582. The fourth-order valence-corrected chi connectivity index (χ4v) is 2.67. The minimum Gasteiger partial charge on any atom is -0.384 e. The fraction of sp³-hybridized carbons (Fsp3) is 0. The second-order valence-electron chi connectivity index (χ2n) is 5.16. The van der Waals surface area contributed by atoms with Crippen LogP contribution in [0.2, 0.25) is 0 Å². The topological polar surface area (TPSA) is 138 Å². The number of hydrogen-bond acceptors (Lipinski definition) is 7. The quantitative estimate of drug-likeness (QED) is 0.595. The van der Waals surface area contributed by atoms with E-state index in [1.165, 1.54) is 17.1 Å². The Morgan fingerprint density at radius 1 is 1.08 bits per heavy atom. The van der Waals surface area contributed by atoms with Gasteiger partial charge in [-0.3, -0.25) is 24.3 Å². The molecule has 0 radical (unpaired) electrons. The average Bonchev–Trinajstić information content (AvgIpc) is 3.16. The summed E-state index contributed by atoms with van der Waals surface area (Å²) in [7, 11) is 0. The Hall–Kier alpha value is -3.89. The van der Waals surface area contributed by atoms with E-state index in [9.17, 15) is 18.8 Å². The van der Waals surface area contributed by atoms with Crippen LogP contribution in [0.25, 0.3) is 11.4 Å². The lowest BCUT2D eigenvalue weighted by Crippen LogP contribution is -2.25. The van der Waals surface area contributed by atoms with Gasteiger partial charge in [0.15, 0.2) is 0 Å². The van der Waals surface area contributed by atoms with E-state index in [1.807, 2.05) is 0 Å². The summed E-state index contributed by atoms with van der Waals surface area (Å²) < 4.78 is 15.9. The van der Waals surface area contributed by atoms with Crippen LogP contribution < -0.4 is 16.6 Å². The molecule has 3 aromatic rings. The van der Waals surface area contributed by atoms with E-state index in [1.54, 1.807) is 0 Å². The van der Waals surface area contributed by atoms with E-state index in [0.29, 0.717) is 0 Å². The lowest BCUT2D eigenvalue weighted by molar-refractivity contribution is 0.0880. The number of fused-ring (bicyclic) bond motifs is 1. The molecular weight excluding hydrogens is 333 g/mol. The Kier molecular flexibility index (Phi) is 2.97. The number of hydrogen-bond donors (Lipinski definition) is 2. The Labute approximate surface area is 137 Å². The van der Waals surface area contributed by atoms with Crippen LogP contribution in [-0.2, 0) is 0 Å². The Morgan fingerprint density at radius 2 is 1.88 bits per heavy atom. The fourth-order valence-electron chi connectivity index (χ4n) is 2.67. The molecular formula is C14H8FN7O3. The van der Waals surface area contributed by atoms with Crippen LogP contribution in [-0.4, -0.2) is 36.6 Å². The van der Waals surface area contributed by atoms with E-state index in [4.69, 9.17) is 5.73 Å². The van der Waals surface area contributed by atoms with E-state index in [2.05, 4.69) is 20.8 Å². The number of rotatable bonds is 2. The first-order chi connectivity index (χ1) is 12.0. The van der Waals surface area contributed by atoms with Gasteiger partial charge in [0.1, 0.15) is 18.0 Å². The number of benzene rings is 1. The summed E-state index contributed by atoms with van der Waals surface area (Å²) in [6, 6.07) is 4.53. The molecule has 1 aromatic carbocycles. The number of halogens is 1. The number of aromatic nitrogens is 5. The van der Waals surface area contributed by atoms with Crippen molar-refractivity contribution in [3.05, 3.63) is 57.9 Å². The number of pyridine rings is 1. The average molecular weight is 341 g/mol. The monoisotopic (exact) mass is 341 g/mol. The second kappa shape index (κ2) is 5.06. The molecule has 0 saturated carbocycles. The van der Waals surface area contributed by atoms with Crippen molar-refractivity contribution >= 4 is 17.6 Å². The maximum absolute atomic E-state index is 13.8. The Balaban J connectivity index is 2.06. The van der Waals surface area contributed by atoms with Gasteiger partial charge in [0.2, 0.25) is 0 Å². The van der Waals surface area contributed by atoms with Crippen molar-refractivity contribution in [2.45, 2.75) is 0 Å². The van der Waals surface area contributed by atoms with Crippen molar-refractivity contribution in [2.24, 2.45) is 0 Å². The summed E-state index contributed by atoms with van der Waals surface area (Å²) in [6.45, 7) is 0. The maximum atomic E-state index is 13.8. The highest BCUT2D eigenvalue weighted by molar-refractivity contribution is 6.23. The number of carbonyl (C=O) groups is 2. The van der Waals surface area contributed by atoms with Gasteiger partial charge in [-0.15, -0.1) is 5.10 Å². The molecule has 2 amide bonds. The standard InChI is InChI=1S/C14H8FN7O3/c15-6-1-2-8(21-5-17-19-20-21)9(3-6)22-10(23)4-7-11(12(22)16)14(25)18-13(7)24/h1-5H,16H2,(H,18,24,25). The van der Waals surface area contributed by atoms with Crippen molar-refractivity contribution < 1.29 is 14.0 Å². The molecule has 1 aliphatic rings. The van der Waals surface area contributed by atoms with Crippen LogP contribution in [0.15, 0.2) is 35.4 Å². The van der Waals surface area contributed by atoms with Gasteiger partial charge in [-0.05, 0) is 22.6 Å². The van der Waals surface area contributed by atoms with E-state index in [-0.39, 0.29) is 28.3 Å². The minimum atomic E-state index is -0.730. The van der Waals surface area contributed by atoms with Gasteiger partial charge in [0.05, 0.1) is 22.5 Å². The minimum absolute atomic E-state index is 0.0183. The van der Waals surface area contributed by atoms with E-state index >= 15 is 0 Å². The molecule has 1 aliphatic heterocycles. The molecule has 0 atom stereocenters. The van der Waals surface area contributed by atoms with Gasteiger partial charge in [-0.1, -0.05) is 0 Å². The molecule has 25 heavy (non-hydrogen) atoms. The number of carbonyl (C=O) groups excluding carboxylic acids is 2. The normalized spacial score (nSPS) is 13.0. The van der Waals surface area contributed by atoms with Crippen molar-refractivity contribution in [1.29, 1.82) is 0 Å². The number of imide groups is 1. The highest BCUT2D eigenvalue weighted by Gasteiger charge is 2.32. The van der Waals surface area contributed by atoms with Gasteiger partial charge >= 0.3 is 0 Å². The number of tetrazole rings is 1. The van der Waals surface area contributed by atoms with Crippen molar-refractivity contribution in [1.82, 2.24) is 30.1 Å². The zero-order valence-corrected chi connectivity index (χ0v) is 12.3. The summed E-state index contributed by atoms with van der Waals surface area (Å²) in [4.78, 5) is 36.1. The highest BCUT2D eigenvalue weighted by atomic mass is 19.1. The summed E-state index contributed by atoms with van der Waals surface area (Å²) in [5.74, 6) is -2.37. The van der Waals surface area contributed by atoms with Crippen molar-refractivity contribution in [2.75, 3.05) is 5.73 Å². The van der Waals surface area contributed by atoms with Crippen LogP contribution in [0.5, 0.6) is 0 Å². The largest absolute Gasteiger partial charge is 0.384 e. The number of nitrogens with two attached hydrogens (primary N) is 1. The zero-order chi connectivity index (χ0) is 17.7. The number of nitrogens with zero attached hydrogens (tertiary/aromatic N) is 5. The van der Waals surface area contributed by atoms with E-state index in [0.717, 1.165) is 22.8 Å². The molecule has 0 bridgehead atoms.